The second-order valence-electron chi connectivity index (χ2n) is 3.26. The van der Waals surface area contributed by atoms with Crippen LogP contribution in [0, 0.1) is 0 Å². The van der Waals surface area contributed by atoms with Crippen LogP contribution in [0.2, 0.25) is 0 Å². The number of hydrogen-bond donors (Lipinski definition) is 1. The minimum atomic E-state index is 0.498. The third kappa shape index (κ3) is 3.86. The largest absolute Gasteiger partial charge is 0.383 e. The number of nitrogen functional groups attached to an aromatic ring is 1. The summed E-state index contributed by atoms with van der Waals surface area (Å²) in [5.74, 6) is 1.33. The fourth-order valence-corrected chi connectivity index (χ4v) is 1.56. The zero-order valence-electron chi connectivity index (χ0n) is 9.93. The number of hydrogen-bond acceptors (Lipinski definition) is 6. The van der Waals surface area contributed by atoms with Crippen LogP contribution in [-0.4, -0.2) is 43.0 Å². The number of anilines is 2. The predicted molar refractivity (Wildman–Crippen MR) is 68.0 cm³/mol. The summed E-state index contributed by atoms with van der Waals surface area (Å²) in [6, 6.07) is 1.77. The number of nitrogens with zero attached hydrogens (tertiary/aromatic N) is 3. The van der Waals surface area contributed by atoms with Crippen molar-refractivity contribution in [2.24, 2.45) is 0 Å². The van der Waals surface area contributed by atoms with Crippen molar-refractivity contribution >= 4 is 23.4 Å². The molecule has 0 aliphatic heterocycles. The smallest absolute Gasteiger partial charge is 0.191 e. The van der Waals surface area contributed by atoms with E-state index >= 15 is 0 Å². The molecule has 0 aromatic carbocycles. The van der Waals surface area contributed by atoms with Gasteiger partial charge in [0.15, 0.2) is 5.16 Å². The Balaban J connectivity index is 2.66. The highest BCUT2D eigenvalue weighted by Crippen LogP contribution is 2.17. The molecule has 16 heavy (non-hydrogen) atoms. The highest BCUT2D eigenvalue weighted by atomic mass is 32.2. The Kier molecular flexibility index (Phi) is 5.34. The summed E-state index contributed by atoms with van der Waals surface area (Å²) >= 11 is 1.48. The van der Waals surface area contributed by atoms with Gasteiger partial charge in [0.05, 0.1) is 6.61 Å². The van der Waals surface area contributed by atoms with Crippen LogP contribution in [-0.2, 0) is 4.74 Å². The summed E-state index contributed by atoms with van der Waals surface area (Å²) in [6.07, 6.45) is 1.93. The highest BCUT2D eigenvalue weighted by molar-refractivity contribution is 7.98. The van der Waals surface area contributed by atoms with Gasteiger partial charge in [-0.25, -0.2) is 9.97 Å². The molecule has 2 N–H and O–H groups in total. The number of nitrogens with two attached hydrogens (primary N) is 1. The Morgan fingerprint density at radius 3 is 2.88 bits per heavy atom. The molecule has 0 amide bonds. The van der Waals surface area contributed by atoms with Gasteiger partial charge in [0.2, 0.25) is 0 Å². The normalized spacial score (nSPS) is 10.4. The zero-order valence-corrected chi connectivity index (χ0v) is 10.8. The lowest BCUT2D eigenvalue weighted by atomic mass is 10.4. The van der Waals surface area contributed by atoms with E-state index in [-0.39, 0.29) is 0 Å². The zero-order chi connectivity index (χ0) is 12.0. The van der Waals surface area contributed by atoms with Crippen molar-refractivity contribution in [3.8, 4) is 0 Å². The third-order valence-corrected chi connectivity index (χ3v) is 2.61. The molecule has 0 atom stereocenters. The maximum Gasteiger partial charge on any atom is 0.191 e. The standard InChI is InChI=1S/C10H18N4OS/c1-4-15-6-5-14(2)9-7-8(11)12-10(13-9)16-3/h7H,4-6H2,1-3H3,(H2,11,12,13). The molecule has 0 saturated heterocycles. The van der Waals surface area contributed by atoms with Crippen molar-refractivity contribution in [3.05, 3.63) is 6.07 Å². The molecule has 90 valence electrons. The van der Waals surface area contributed by atoms with Crippen LogP contribution < -0.4 is 10.6 Å². The van der Waals surface area contributed by atoms with Crippen molar-refractivity contribution in [1.82, 2.24) is 9.97 Å². The van der Waals surface area contributed by atoms with Crippen molar-refractivity contribution in [3.63, 3.8) is 0 Å². The van der Waals surface area contributed by atoms with Gasteiger partial charge in [-0.15, -0.1) is 0 Å². The molecule has 1 heterocycles. The van der Waals surface area contributed by atoms with Crippen molar-refractivity contribution < 1.29 is 4.74 Å². The van der Waals surface area contributed by atoms with E-state index in [2.05, 4.69) is 9.97 Å². The van der Waals surface area contributed by atoms with Crippen molar-refractivity contribution in [1.29, 1.82) is 0 Å². The number of rotatable bonds is 6. The molecule has 0 spiro atoms. The summed E-state index contributed by atoms with van der Waals surface area (Å²) < 4.78 is 5.29. The Bertz CT molecular complexity index is 335. The predicted octanol–water partition coefficient (Wildman–Crippen LogP) is 1.25. The van der Waals surface area contributed by atoms with Crippen LogP contribution in [0.5, 0.6) is 0 Å². The van der Waals surface area contributed by atoms with Gasteiger partial charge in [-0.05, 0) is 13.2 Å². The number of thioether (sulfide) groups is 1. The lowest BCUT2D eigenvalue weighted by Gasteiger charge is -2.18. The lowest BCUT2D eigenvalue weighted by molar-refractivity contribution is 0.154. The Morgan fingerprint density at radius 1 is 1.50 bits per heavy atom. The summed E-state index contributed by atoms with van der Waals surface area (Å²) in [4.78, 5) is 10.5. The monoisotopic (exact) mass is 242 g/mol. The molecular weight excluding hydrogens is 224 g/mol. The number of ether oxygens (including phenoxy) is 1. The van der Waals surface area contributed by atoms with E-state index in [0.717, 1.165) is 19.0 Å². The van der Waals surface area contributed by atoms with Crippen LogP contribution >= 0.6 is 11.8 Å². The number of aromatic nitrogens is 2. The summed E-state index contributed by atoms with van der Waals surface area (Å²) in [5, 5.41) is 0.693. The van der Waals surface area contributed by atoms with Gasteiger partial charge in [-0.2, -0.15) is 0 Å². The average molecular weight is 242 g/mol. The van der Waals surface area contributed by atoms with Crippen LogP contribution in [0.15, 0.2) is 11.2 Å². The lowest BCUT2D eigenvalue weighted by Crippen LogP contribution is -2.24. The van der Waals surface area contributed by atoms with Crippen molar-refractivity contribution in [2.75, 3.05) is 43.7 Å². The second-order valence-corrected chi connectivity index (χ2v) is 4.03. The van der Waals surface area contributed by atoms with Crippen molar-refractivity contribution in [2.45, 2.75) is 12.1 Å². The first-order chi connectivity index (χ1) is 7.67. The van der Waals surface area contributed by atoms with Gasteiger partial charge in [0.25, 0.3) is 0 Å². The minimum absolute atomic E-state index is 0.498. The molecule has 0 aliphatic carbocycles. The van der Waals surface area contributed by atoms with E-state index in [9.17, 15) is 0 Å². The van der Waals surface area contributed by atoms with Gasteiger partial charge in [0, 0.05) is 26.3 Å². The molecule has 0 unspecified atom stereocenters. The molecule has 1 rings (SSSR count). The molecule has 0 bridgehead atoms. The molecule has 0 radical (unpaired) electrons. The first-order valence-corrected chi connectivity index (χ1v) is 6.37. The first-order valence-electron chi connectivity index (χ1n) is 5.14. The Morgan fingerprint density at radius 2 is 2.25 bits per heavy atom. The Labute approximate surface area is 100 Å². The summed E-state index contributed by atoms with van der Waals surface area (Å²) in [6.45, 7) is 4.19. The van der Waals surface area contributed by atoms with Gasteiger partial charge in [0.1, 0.15) is 11.6 Å². The maximum atomic E-state index is 5.71. The quantitative estimate of drug-likeness (QED) is 0.460. The average Bonchev–Trinajstić information content (AvgIpc) is 2.28. The van der Waals surface area contributed by atoms with Gasteiger partial charge < -0.3 is 15.4 Å². The summed E-state index contributed by atoms with van der Waals surface area (Å²) in [7, 11) is 1.96. The molecule has 6 heteroatoms. The van der Waals surface area contributed by atoms with Gasteiger partial charge >= 0.3 is 0 Å². The van der Waals surface area contributed by atoms with E-state index < -0.39 is 0 Å². The SMILES string of the molecule is CCOCCN(C)c1cc(N)nc(SC)n1. The molecule has 5 nitrogen and oxygen atoms in total. The highest BCUT2D eigenvalue weighted by Gasteiger charge is 2.06. The molecule has 1 aromatic rings. The minimum Gasteiger partial charge on any atom is -0.383 e. The van der Waals surface area contributed by atoms with E-state index in [1.807, 2.05) is 25.1 Å². The van der Waals surface area contributed by atoms with Gasteiger partial charge in [-0.1, -0.05) is 11.8 Å². The van der Waals surface area contributed by atoms with E-state index in [1.165, 1.54) is 11.8 Å². The molecule has 1 aromatic heterocycles. The van der Waals surface area contributed by atoms with E-state index in [1.54, 1.807) is 6.07 Å². The molecule has 0 saturated carbocycles. The van der Waals surface area contributed by atoms with Crippen LogP contribution in [0.4, 0.5) is 11.6 Å². The number of likely N-dealkylation sites (N-methyl/N-ethyl adjacent to an activating group) is 1. The third-order valence-electron chi connectivity index (χ3n) is 2.06. The topological polar surface area (TPSA) is 64.3 Å². The molecule has 0 fully saturated rings. The summed E-state index contributed by atoms with van der Waals surface area (Å²) in [5.41, 5.74) is 5.71. The maximum absolute atomic E-state index is 5.71. The van der Waals surface area contributed by atoms with Crippen LogP contribution in [0.25, 0.3) is 0 Å². The second kappa shape index (κ2) is 6.55. The van der Waals surface area contributed by atoms with Crippen LogP contribution in [0.3, 0.4) is 0 Å². The van der Waals surface area contributed by atoms with E-state index in [4.69, 9.17) is 10.5 Å². The molecule has 0 aliphatic rings. The first kappa shape index (κ1) is 13.1. The molecular formula is C10H18N4OS. The van der Waals surface area contributed by atoms with E-state index in [0.29, 0.717) is 17.6 Å². The fourth-order valence-electron chi connectivity index (χ4n) is 1.18. The fraction of sp³-hybridized carbons (Fsp3) is 0.600. The van der Waals surface area contributed by atoms with Crippen LogP contribution in [0.1, 0.15) is 6.92 Å². The van der Waals surface area contributed by atoms with Gasteiger partial charge in [-0.3, -0.25) is 0 Å². The Hall–Kier alpha value is -1.01.